The lowest BCUT2D eigenvalue weighted by atomic mass is 9.83. The molecule has 2 rings (SSSR count). The van der Waals surface area contributed by atoms with E-state index in [2.05, 4.69) is 17.3 Å². The van der Waals surface area contributed by atoms with Crippen molar-refractivity contribution in [1.29, 1.82) is 0 Å². The molecule has 3 heteroatoms. The molecule has 3 nitrogen and oxygen atoms in total. The van der Waals surface area contributed by atoms with Crippen LogP contribution in [0.1, 0.15) is 19.3 Å². The van der Waals surface area contributed by atoms with Crippen molar-refractivity contribution in [3.8, 4) is 0 Å². The van der Waals surface area contributed by atoms with E-state index < -0.39 is 0 Å². The highest BCUT2D eigenvalue weighted by atomic mass is 16.3. The van der Waals surface area contributed by atoms with Crippen molar-refractivity contribution in [2.24, 2.45) is 11.8 Å². The van der Waals surface area contributed by atoms with Crippen LogP contribution in [0.4, 0.5) is 0 Å². The third-order valence-electron chi connectivity index (χ3n) is 3.91. The molecule has 14 heavy (non-hydrogen) atoms. The highest BCUT2D eigenvalue weighted by Crippen LogP contribution is 2.30. The van der Waals surface area contributed by atoms with Crippen molar-refractivity contribution in [2.75, 3.05) is 33.3 Å². The lowest BCUT2D eigenvalue weighted by molar-refractivity contribution is 0.173. The van der Waals surface area contributed by atoms with Gasteiger partial charge in [-0.15, -0.1) is 0 Å². The third-order valence-corrected chi connectivity index (χ3v) is 3.91. The highest BCUT2D eigenvalue weighted by Gasteiger charge is 2.31. The van der Waals surface area contributed by atoms with Gasteiger partial charge in [-0.05, 0) is 57.8 Å². The Morgan fingerprint density at radius 3 is 2.57 bits per heavy atom. The van der Waals surface area contributed by atoms with Crippen molar-refractivity contribution in [3.63, 3.8) is 0 Å². The number of rotatable bonds is 2. The fraction of sp³-hybridized carbons (Fsp3) is 1.00. The molecule has 2 N–H and O–H groups in total. The van der Waals surface area contributed by atoms with Gasteiger partial charge in [0.05, 0.1) is 6.61 Å². The van der Waals surface area contributed by atoms with Gasteiger partial charge in [0.15, 0.2) is 0 Å². The average Bonchev–Trinajstić information content (AvgIpc) is 2.67. The number of piperidine rings is 1. The summed E-state index contributed by atoms with van der Waals surface area (Å²) in [5, 5.41) is 12.5. The Balaban J connectivity index is 1.79. The molecule has 0 amide bonds. The van der Waals surface area contributed by atoms with Crippen LogP contribution in [-0.4, -0.2) is 49.3 Å². The van der Waals surface area contributed by atoms with Crippen LogP contribution in [0.5, 0.6) is 0 Å². The van der Waals surface area contributed by atoms with Crippen LogP contribution in [0.3, 0.4) is 0 Å². The molecule has 2 unspecified atom stereocenters. The van der Waals surface area contributed by atoms with Crippen molar-refractivity contribution in [2.45, 2.75) is 25.3 Å². The Hall–Kier alpha value is -0.120. The van der Waals surface area contributed by atoms with Crippen molar-refractivity contribution in [1.82, 2.24) is 10.2 Å². The molecule has 2 heterocycles. The van der Waals surface area contributed by atoms with E-state index in [1.807, 2.05) is 0 Å². The molecule has 2 saturated heterocycles. The molecule has 82 valence electrons. The summed E-state index contributed by atoms with van der Waals surface area (Å²) in [6, 6.07) is 0.375. The minimum atomic E-state index is 0.309. The van der Waals surface area contributed by atoms with E-state index >= 15 is 0 Å². The zero-order chi connectivity index (χ0) is 9.97. The van der Waals surface area contributed by atoms with Gasteiger partial charge in [-0.3, -0.25) is 0 Å². The van der Waals surface area contributed by atoms with E-state index in [0.717, 1.165) is 18.4 Å². The van der Waals surface area contributed by atoms with E-state index in [0.29, 0.717) is 12.6 Å². The van der Waals surface area contributed by atoms with E-state index in [4.69, 9.17) is 5.11 Å². The number of hydrogen-bond donors (Lipinski definition) is 2. The molecule has 2 aliphatic heterocycles. The average molecular weight is 198 g/mol. The summed E-state index contributed by atoms with van der Waals surface area (Å²) in [4.78, 5) is 2.42. The van der Waals surface area contributed by atoms with Gasteiger partial charge >= 0.3 is 0 Å². The van der Waals surface area contributed by atoms with Crippen molar-refractivity contribution >= 4 is 0 Å². The summed E-state index contributed by atoms with van der Waals surface area (Å²) < 4.78 is 0. The van der Waals surface area contributed by atoms with E-state index in [-0.39, 0.29) is 0 Å². The van der Waals surface area contributed by atoms with Crippen LogP contribution >= 0.6 is 0 Å². The number of nitrogens with zero attached hydrogens (tertiary/aromatic N) is 1. The van der Waals surface area contributed by atoms with E-state index in [1.54, 1.807) is 0 Å². The second kappa shape index (κ2) is 4.60. The minimum Gasteiger partial charge on any atom is -0.395 e. The molecule has 2 aliphatic rings. The first kappa shape index (κ1) is 10.4. The third kappa shape index (κ3) is 2.27. The molecular formula is C11H22N2O. The molecular weight excluding hydrogens is 176 g/mol. The van der Waals surface area contributed by atoms with Gasteiger partial charge in [-0.25, -0.2) is 0 Å². The zero-order valence-corrected chi connectivity index (χ0v) is 9.08. The van der Waals surface area contributed by atoms with Gasteiger partial charge in [0, 0.05) is 6.04 Å². The number of hydrogen-bond acceptors (Lipinski definition) is 3. The summed E-state index contributed by atoms with van der Waals surface area (Å²) in [6.45, 7) is 3.94. The van der Waals surface area contributed by atoms with Crippen LogP contribution in [0, 0.1) is 11.8 Å². The molecule has 0 aromatic carbocycles. The lowest BCUT2D eigenvalue weighted by Gasteiger charge is -2.32. The van der Waals surface area contributed by atoms with Crippen LogP contribution in [0.2, 0.25) is 0 Å². The Morgan fingerprint density at radius 2 is 2.00 bits per heavy atom. The van der Waals surface area contributed by atoms with Crippen LogP contribution in [-0.2, 0) is 0 Å². The summed E-state index contributed by atoms with van der Waals surface area (Å²) in [7, 11) is 2.21. The van der Waals surface area contributed by atoms with Crippen LogP contribution in [0.15, 0.2) is 0 Å². The van der Waals surface area contributed by atoms with Gasteiger partial charge in [0.25, 0.3) is 0 Å². The SMILES string of the molecule is CN1CCC(C2CNC(CO)C2)CC1. The quantitative estimate of drug-likeness (QED) is 0.670. The monoisotopic (exact) mass is 198 g/mol. The Bertz CT molecular complexity index is 178. The maximum atomic E-state index is 9.05. The highest BCUT2D eigenvalue weighted by molar-refractivity contribution is 4.87. The standard InChI is InChI=1S/C11H22N2O/c1-13-4-2-9(3-5-13)10-6-11(8-14)12-7-10/h9-12,14H,2-8H2,1H3. The molecule has 0 aromatic heterocycles. The summed E-state index contributed by atoms with van der Waals surface area (Å²) >= 11 is 0. The first-order chi connectivity index (χ1) is 6.79. The van der Waals surface area contributed by atoms with Gasteiger partial charge in [0.1, 0.15) is 0 Å². The summed E-state index contributed by atoms with van der Waals surface area (Å²) in [6.07, 6.45) is 3.88. The van der Waals surface area contributed by atoms with E-state index in [1.165, 1.54) is 32.4 Å². The second-order valence-corrected chi connectivity index (χ2v) is 4.92. The molecule has 0 bridgehead atoms. The van der Waals surface area contributed by atoms with Gasteiger partial charge in [-0.2, -0.15) is 0 Å². The molecule has 0 spiro atoms. The molecule has 0 radical (unpaired) electrons. The Morgan fingerprint density at radius 1 is 1.29 bits per heavy atom. The maximum Gasteiger partial charge on any atom is 0.0584 e. The summed E-state index contributed by atoms with van der Waals surface area (Å²) in [5.74, 6) is 1.72. The fourth-order valence-electron chi connectivity index (χ4n) is 2.85. The van der Waals surface area contributed by atoms with Gasteiger partial charge < -0.3 is 15.3 Å². The topological polar surface area (TPSA) is 35.5 Å². The number of nitrogens with one attached hydrogen (secondary N) is 1. The van der Waals surface area contributed by atoms with Crippen molar-refractivity contribution < 1.29 is 5.11 Å². The molecule has 2 fully saturated rings. The van der Waals surface area contributed by atoms with Crippen molar-refractivity contribution in [3.05, 3.63) is 0 Å². The maximum absolute atomic E-state index is 9.05. The number of aliphatic hydroxyl groups excluding tert-OH is 1. The second-order valence-electron chi connectivity index (χ2n) is 4.92. The number of likely N-dealkylation sites (tertiary alicyclic amines) is 1. The smallest absolute Gasteiger partial charge is 0.0584 e. The fourth-order valence-corrected chi connectivity index (χ4v) is 2.85. The van der Waals surface area contributed by atoms with Crippen LogP contribution in [0.25, 0.3) is 0 Å². The first-order valence-electron chi connectivity index (χ1n) is 5.82. The minimum absolute atomic E-state index is 0.309. The predicted molar refractivity (Wildman–Crippen MR) is 57.2 cm³/mol. The molecule has 0 aliphatic carbocycles. The number of aliphatic hydroxyl groups is 1. The lowest BCUT2D eigenvalue weighted by Crippen LogP contribution is -2.33. The van der Waals surface area contributed by atoms with E-state index in [9.17, 15) is 0 Å². The van der Waals surface area contributed by atoms with Crippen LogP contribution < -0.4 is 5.32 Å². The zero-order valence-electron chi connectivity index (χ0n) is 9.08. The Labute approximate surface area is 86.5 Å². The Kier molecular flexibility index (Phi) is 3.42. The molecule has 0 aromatic rings. The predicted octanol–water partition coefficient (Wildman–Crippen LogP) is 0.299. The molecule has 2 atom stereocenters. The van der Waals surface area contributed by atoms with Gasteiger partial charge in [-0.1, -0.05) is 0 Å². The first-order valence-corrected chi connectivity index (χ1v) is 5.82. The van der Waals surface area contributed by atoms with Gasteiger partial charge in [0.2, 0.25) is 0 Å². The largest absolute Gasteiger partial charge is 0.395 e. The molecule has 0 saturated carbocycles. The summed E-state index contributed by atoms with van der Waals surface area (Å²) in [5.41, 5.74) is 0. The normalized spacial score (nSPS) is 36.4.